The summed E-state index contributed by atoms with van der Waals surface area (Å²) in [5, 5.41) is 4.05. The SMILES string of the molecule is Cc1c(NC(=O)C(C)OC(=O)c2cccc3cccc(-c4nc5ccccc5o4)c23)c(=O)n(-c2ccccc2)n1C. The Bertz CT molecular complexity index is 1960. The van der Waals surface area contributed by atoms with Gasteiger partial charge in [-0.25, -0.2) is 14.5 Å². The van der Waals surface area contributed by atoms with Crippen molar-refractivity contribution in [3.05, 3.63) is 113 Å². The summed E-state index contributed by atoms with van der Waals surface area (Å²) in [5.74, 6) is -0.936. The Balaban J connectivity index is 1.28. The molecule has 2 aromatic heterocycles. The maximum absolute atomic E-state index is 13.4. The molecule has 0 aliphatic rings. The number of hydrogen-bond acceptors (Lipinski definition) is 6. The fourth-order valence-electron chi connectivity index (χ4n) is 4.89. The lowest BCUT2D eigenvalue weighted by molar-refractivity contribution is -0.123. The van der Waals surface area contributed by atoms with Gasteiger partial charge in [0.2, 0.25) is 5.89 Å². The van der Waals surface area contributed by atoms with Gasteiger partial charge in [-0.2, -0.15) is 0 Å². The van der Waals surface area contributed by atoms with E-state index in [0.29, 0.717) is 39.3 Å². The molecule has 204 valence electrons. The molecule has 0 aliphatic heterocycles. The van der Waals surface area contributed by atoms with Gasteiger partial charge in [0.1, 0.15) is 11.2 Å². The number of carbonyl (C=O) groups is 2. The average Bonchev–Trinajstić information content (AvgIpc) is 3.51. The Morgan fingerprint density at radius 2 is 1.63 bits per heavy atom. The third-order valence-electron chi connectivity index (χ3n) is 7.10. The van der Waals surface area contributed by atoms with Crippen LogP contribution in [0, 0.1) is 6.92 Å². The van der Waals surface area contributed by atoms with Gasteiger partial charge >= 0.3 is 5.97 Å². The Hall–Kier alpha value is -5.44. The number of benzene rings is 4. The largest absolute Gasteiger partial charge is 0.449 e. The van der Waals surface area contributed by atoms with E-state index in [-0.39, 0.29) is 16.8 Å². The van der Waals surface area contributed by atoms with Crippen LogP contribution in [0.4, 0.5) is 5.69 Å². The van der Waals surface area contributed by atoms with Gasteiger partial charge in [-0.15, -0.1) is 0 Å². The first-order valence-electron chi connectivity index (χ1n) is 13.1. The Kier molecular flexibility index (Phi) is 6.47. The summed E-state index contributed by atoms with van der Waals surface area (Å²) in [7, 11) is 1.73. The third-order valence-corrected chi connectivity index (χ3v) is 7.10. The Labute approximate surface area is 234 Å². The number of nitrogens with one attached hydrogen (secondary N) is 1. The first-order chi connectivity index (χ1) is 19.8. The van der Waals surface area contributed by atoms with Crippen molar-refractivity contribution in [1.82, 2.24) is 14.3 Å². The van der Waals surface area contributed by atoms with Gasteiger partial charge in [-0.05, 0) is 55.6 Å². The molecule has 9 heteroatoms. The van der Waals surface area contributed by atoms with E-state index in [1.807, 2.05) is 66.7 Å². The van der Waals surface area contributed by atoms with E-state index in [2.05, 4.69) is 10.3 Å². The van der Waals surface area contributed by atoms with Crippen molar-refractivity contribution in [2.24, 2.45) is 7.05 Å². The van der Waals surface area contributed by atoms with Crippen molar-refractivity contribution in [3.8, 4) is 17.1 Å². The summed E-state index contributed by atoms with van der Waals surface area (Å²) in [6, 6.07) is 27.4. The topological polar surface area (TPSA) is 108 Å². The van der Waals surface area contributed by atoms with Crippen LogP contribution in [0.5, 0.6) is 0 Å². The zero-order valence-corrected chi connectivity index (χ0v) is 22.6. The number of ether oxygens (including phenoxy) is 1. The molecule has 1 amide bonds. The summed E-state index contributed by atoms with van der Waals surface area (Å²) in [6.07, 6.45) is -1.18. The monoisotopic (exact) mass is 546 g/mol. The van der Waals surface area contributed by atoms with E-state index in [9.17, 15) is 14.4 Å². The number of carbonyl (C=O) groups excluding carboxylic acids is 2. The molecular formula is C32H26N4O5. The highest BCUT2D eigenvalue weighted by Crippen LogP contribution is 2.33. The molecule has 1 unspecified atom stereocenters. The predicted molar refractivity (Wildman–Crippen MR) is 156 cm³/mol. The van der Waals surface area contributed by atoms with Crippen LogP contribution in [0.2, 0.25) is 0 Å². The smallest absolute Gasteiger partial charge is 0.339 e. The van der Waals surface area contributed by atoms with Crippen LogP contribution >= 0.6 is 0 Å². The van der Waals surface area contributed by atoms with E-state index in [1.54, 1.807) is 42.9 Å². The van der Waals surface area contributed by atoms with Crippen LogP contribution in [0.3, 0.4) is 0 Å². The lowest BCUT2D eigenvalue weighted by Gasteiger charge is -2.15. The average molecular weight is 547 g/mol. The van der Waals surface area contributed by atoms with E-state index >= 15 is 0 Å². The molecule has 6 rings (SSSR count). The molecule has 1 atom stereocenters. The Morgan fingerprint density at radius 3 is 2.39 bits per heavy atom. The quantitative estimate of drug-likeness (QED) is 0.271. The molecule has 41 heavy (non-hydrogen) atoms. The standard InChI is InChI=1S/C32H26N4O5/c1-19-28(31(38)36(35(19)3)22-13-5-4-6-14-22)34-29(37)20(2)40-32(39)24-16-10-12-21-11-9-15-23(27(21)24)30-33-25-17-7-8-18-26(25)41-30/h4-18,20H,1-3H3,(H,34,37). The molecule has 1 N–H and O–H groups in total. The van der Waals surface area contributed by atoms with E-state index in [1.165, 1.54) is 11.6 Å². The van der Waals surface area contributed by atoms with Crippen molar-refractivity contribution in [3.63, 3.8) is 0 Å². The van der Waals surface area contributed by atoms with E-state index in [4.69, 9.17) is 9.15 Å². The molecule has 0 radical (unpaired) electrons. The molecular weight excluding hydrogens is 520 g/mol. The minimum Gasteiger partial charge on any atom is -0.449 e. The summed E-state index contributed by atoms with van der Waals surface area (Å²) in [4.78, 5) is 44.4. The highest BCUT2D eigenvalue weighted by Gasteiger charge is 2.25. The van der Waals surface area contributed by atoms with Crippen molar-refractivity contribution < 1.29 is 18.7 Å². The van der Waals surface area contributed by atoms with E-state index in [0.717, 1.165) is 5.39 Å². The van der Waals surface area contributed by atoms with Crippen LogP contribution in [0.15, 0.2) is 100 Å². The van der Waals surface area contributed by atoms with Crippen LogP contribution < -0.4 is 10.9 Å². The predicted octanol–water partition coefficient (Wildman–Crippen LogP) is 5.63. The number of hydrogen-bond donors (Lipinski definition) is 1. The summed E-state index contributed by atoms with van der Waals surface area (Å²) in [5.41, 5.74) is 3.18. The second-order valence-corrected chi connectivity index (χ2v) is 9.67. The van der Waals surface area contributed by atoms with Crippen molar-refractivity contribution >= 4 is 39.4 Å². The number of oxazole rings is 1. The maximum atomic E-state index is 13.4. The van der Waals surface area contributed by atoms with Crippen molar-refractivity contribution in [2.75, 3.05) is 5.32 Å². The van der Waals surface area contributed by atoms with Crippen LogP contribution in [0.1, 0.15) is 23.0 Å². The van der Waals surface area contributed by atoms with Gasteiger partial charge in [0.25, 0.3) is 11.5 Å². The summed E-state index contributed by atoms with van der Waals surface area (Å²) < 4.78 is 14.7. The fourth-order valence-corrected chi connectivity index (χ4v) is 4.89. The van der Waals surface area contributed by atoms with Gasteiger partial charge < -0.3 is 14.5 Å². The third kappa shape index (κ3) is 4.57. The first kappa shape index (κ1) is 25.8. The number of amides is 1. The minimum absolute atomic E-state index is 0.118. The Morgan fingerprint density at radius 1 is 0.927 bits per heavy atom. The van der Waals surface area contributed by atoms with Crippen LogP contribution in [0.25, 0.3) is 39.0 Å². The van der Waals surface area contributed by atoms with Crippen molar-refractivity contribution in [1.29, 1.82) is 0 Å². The second kappa shape index (κ2) is 10.3. The summed E-state index contributed by atoms with van der Waals surface area (Å²) >= 11 is 0. The van der Waals surface area contributed by atoms with Gasteiger partial charge in [-0.3, -0.25) is 14.3 Å². The zero-order valence-electron chi connectivity index (χ0n) is 22.6. The van der Waals surface area contributed by atoms with Gasteiger partial charge in [-0.1, -0.05) is 54.6 Å². The lowest BCUT2D eigenvalue weighted by Crippen LogP contribution is -2.32. The van der Waals surface area contributed by atoms with Crippen LogP contribution in [-0.4, -0.2) is 32.3 Å². The molecule has 9 nitrogen and oxygen atoms in total. The summed E-state index contributed by atoms with van der Waals surface area (Å²) in [6.45, 7) is 3.20. The molecule has 6 aromatic rings. The maximum Gasteiger partial charge on any atom is 0.339 e. The molecule has 4 aromatic carbocycles. The molecule has 0 fully saturated rings. The zero-order chi connectivity index (χ0) is 28.7. The molecule has 0 saturated carbocycles. The second-order valence-electron chi connectivity index (χ2n) is 9.67. The van der Waals surface area contributed by atoms with Gasteiger partial charge in [0.05, 0.1) is 16.9 Å². The normalized spacial score (nSPS) is 12.0. The molecule has 0 aliphatic carbocycles. The highest BCUT2D eigenvalue weighted by atomic mass is 16.5. The molecule has 0 bridgehead atoms. The number of para-hydroxylation sites is 3. The number of anilines is 1. The van der Waals surface area contributed by atoms with Gasteiger partial charge in [0, 0.05) is 18.0 Å². The number of aromatic nitrogens is 3. The molecule has 0 saturated heterocycles. The lowest BCUT2D eigenvalue weighted by atomic mass is 9.99. The van der Waals surface area contributed by atoms with E-state index < -0.39 is 18.0 Å². The molecule has 2 heterocycles. The number of esters is 1. The molecule has 0 spiro atoms. The van der Waals surface area contributed by atoms with Crippen LogP contribution in [-0.2, 0) is 16.6 Å². The van der Waals surface area contributed by atoms with Crippen molar-refractivity contribution in [2.45, 2.75) is 20.0 Å². The fraction of sp³-hybridized carbons (Fsp3) is 0.125. The minimum atomic E-state index is -1.18. The first-order valence-corrected chi connectivity index (χ1v) is 13.1. The highest BCUT2D eigenvalue weighted by molar-refractivity contribution is 6.10. The number of rotatable bonds is 6. The van der Waals surface area contributed by atoms with Gasteiger partial charge in [0.15, 0.2) is 11.7 Å². The number of fused-ring (bicyclic) bond motifs is 2. The number of nitrogens with zero attached hydrogens (tertiary/aromatic N) is 3.